The van der Waals surface area contributed by atoms with Crippen LogP contribution in [0.5, 0.6) is 0 Å². The maximum Gasteiger partial charge on any atom is 0.240 e. The number of aryl methyl sites for hydroxylation is 1. The van der Waals surface area contributed by atoms with E-state index in [0.29, 0.717) is 18.5 Å². The van der Waals surface area contributed by atoms with Gasteiger partial charge in [-0.3, -0.25) is 9.69 Å². The molecule has 4 fully saturated rings. The van der Waals surface area contributed by atoms with Crippen LogP contribution in [0.3, 0.4) is 0 Å². The molecule has 4 aliphatic rings. The second-order valence-electron chi connectivity index (χ2n) is 8.57. The van der Waals surface area contributed by atoms with Crippen molar-refractivity contribution in [3.05, 3.63) is 22.5 Å². The summed E-state index contributed by atoms with van der Waals surface area (Å²) >= 11 is 1.85. The molecular weight excluding hydrogens is 392 g/mol. The fourth-order valence-electron chi connectivity index (χ4n) is 5.25. The summed E-state index contributed by atoms with van der Waals surface area (Å²) in [5.41, 5.74) is 1.04. The molecule has 0 spiro atoms. The van der Waals surface area contributed by atoms with Crippen LogP contribution in [0, 0.1) is 6.92 Å². The first-order valence-corrected chi connectivity index (χ1v) is 11.2. The summed E-state index contributed by atoms with van der Waals surface area (Å²) in [6.45, 7) is 3.59. The van der Waals surface area contributed by atoms with E-state index in [4.69, 9.17) is 9.97 Å². The number of carbonyl (C=O) groups is 1. The van der Waals surface area contributed by atoms with Gasteiger partial charge in [0.25, 0.3) is 0 Å². The SMILES string of the molecule is Cc1nc(CN2C(=O)C3CCC2CN3C)c2cc(C3CCCCC3)sc2n1.Cl. The largest absolute Gasteiger partial charge is 0.331 e. The van der Waals surface area contributed by atoms with E-state index >= 15 is 0 Å². The molecule has 2 aromatic heterocycles. The summed E-state index contributed by atoms with van der Waals surface area (Å²) in [5, 5.41) is 1.17. The molecular formula is C21H29ClN4OS. The Kier molecular flexibility index (Phi) is 5.64. The average Bonchev–Trinajstić information content (AvgIpc) is 3.09. The topological polar surface area (TPSA) is 49.3 Å². The number of nitrogens with zero attached hydrogens (tertiary/aromatic N) is 4. The van der Waals surface area contributed by atoms with Crippen LogP contribution in [0.25, 0.3) is 10.2 Å². The van der Waals surface area contributed by atoms with Crippen LogP contribution in [0.15, 0.2) is 6.07 Å². The van der Waals surface area contributed by atoms with E-state index < -0.39 is 0 Å². The van der Waals surface area contributed by atoms with Crippen LogP contribution in [-0.2, 0) is 11.3 Å². The number of amides is 1. The van der Waals surface area contributed by atoms with Gasteiger partial charge >= 0.3 is 0 Å². The lowest BCUT2D eigenvalue weighted by Crippen LogP contribution is -2.64. The molecule has 0 N–H and O–H groups in total. The molecule has 6 rings (SSSR count). The molecule has 1 saturated carbocycles. The normalized spacial score (nSPS) is 26.1. The number of piperidine rings is 2. The van der Waals surface area contributed by atoms with Crippen LogP contribution in [0.1, 0.15) is 67.3 Å². The third-order valence-corrected chi connectivity index (χ3v) is 7.93. The van der Waals surface area contributed by atoms with E-state index in [0.717, 1.165) is 35.7 Å². The molecule has 0 radical (unpaired) electrons. The summed E-state index contributed by atoms with van der Waals surface area (Å²) in [5.74, 6) is 1.79. The van der Waals surface area contributed by atoms with Crippen molar-refractivity contribution in [2.45, 2.75) is 76.4 Å². The van der Waals surface area contributed by atoms with Gasteiger partial charge < -0.3 is 4.90 Å². The number of likely N-dealkylation sites (N-methyl/N-ethyl adjacent to an activating group) is 1. The van der Waals surface area contributed by atoms with Gasteiger partial charge in [0.15, 0.2) is 0 Å². The standard InChI is InChI=1S/C21H28N4OS.ClH/c1-13-22-17(12-25-15-8-9-18(21(25)26)24(2)11-15)16-10-19(27-20(16)23-13)14-6-4-3-5-7-14;/h10,14-15,18H,3-9,11-12H2,1-2H3;1H. The van der Waals surface area contributed by atoms with Gasteiger partial charge in [-0.2, -0.15) is 0 Å². The highest BCUT2D eigenvalue weighted by Crippen LogP contribution is 2.39. The summed E-state index contributed by atoms with van der Waals surface area (Å²) in [7, 11) is 2.08. The number of halogens is 1. The van der Waals surface area contributed by atoms with E-state index in [1.807, 2.05) is 18.3 Å². The maximum atomic E-state index is 12.9. The van der Waals surface area contributed by atoms with Crippen LogP contribution >= 0.6 is 23.7 Å². The van der Waals surface area contributed by atoms with E-state index in [2.05, 4.69) is 22.9 Å². The lowest BCUT2D eigenvalue weighted by Gasteiger charge is -2.49. The first-order valence-electron chi connectivity index (χ1n) is 10.4. The van der Waals surface area contributed by atoms with Crippen molar-refractivity contribution in [1.29, 1.82) is 0 Å². The van der Waals surface area contributed by atoms with Crippen molar-refractivity contribution < 1.29 is 4.79 Å². The van der Waals surface area contributed by atoms with Gasteiger partial charge in [0.05, 0.1) is 18.3 Å². The first kappa shape index (κ1) is 20.0. The zero-order chi connectivity index (χ0) is 18.5. The van der Waals surface area contributed by atoms with Gasteiger partial charge in [0, 0.05) is 22.8 Å². The predicted octanol–water partition coefficient (Wildman–Crippen LogP) is 4.27. The van der Waals surface area contributed by atoms with Gasteiger partial charge in [-0.25, -0.2) is 9.97 Å². The molecule has 2 aromatic rings. The number of rotatable bonds is 3. The molecule has 2 unspecified atom stereocenters. The first-order chi connectivity index (χ1) is 13.1. The molecule has 2 atom stereocenters. The smallest absolute Gasteiger partial charge is 0.240 e. The molecule has 5 nitrogen and oxygen atoms in total. The number of hydrogen-bond acceptors (Lipinski definition) is 5. The minimum absolute atomic E-state index is 0. The minimum atomic E-state index is 0. The van der Waals surface area contributed by atoms with Crippen molar-refractivity contribution in [2.75, 3.05) is 13.6 Å². The number of fused-ring (bicyclic) bond motifs is 4. The number of piperazine rings is 1. The third-order valence-electron chi connectivity index (χ3n) is 6.74. The third kappa shape index (κ3) is 3.44. The van der Waals surface area contributed by atoms with Crippen molar-refractivity contribution in [2.24, 2.45) is 0 Å². The molecule has 7 heteroatoms. The number of aromatic nitrogens is 2. The van der Waals surface area contributed by atoms with Gasteiger partial charge in [-0.1, -0.05) is 19.3 Å². The van der Waals surface area contributed by atoms with Crippen LogP contribution < -0.4 is 0 Å². The van der Waals surface area contributed by atoms with Gasteiger partial charge in [-0.15, -0.1) is 23.7 Å². The fraction of sp³-hybridized carbons (Fsp3) is 0.667. The summed E-state index contributed by atoms with van der Waals surface area (Å²) in [6.07, 6.45) is 8.78. The van der Waals surface area contributed by atoms with E-state index in [1.165, 1.54) is 42.4 Å². The van der Waals surface area contributed by atoms with Gasteiger partial charge in [0.1, 0.15) is 10.7 Å². The average molecular weight is 421 g/mol. The zero-order valence-corrected chi connectivity index (χ0v) is 18.3. The molecule has 5 heterocycles. The lowest BCUT2D eigenvalue weighted by molar-refractivity contribution is -0.152. The van der Waals surface area contributed by atoms with Crippen molar-refractivity contribution in [1.82, 2.24) is 19.8 Å². The lowest BCUT2D eigenvalue weighted by atomic mass is 9.88. The fourth-order valence-corrected chi connectivity index (χ4v) is 6.52. The van der Waals surface area contributed by atoms with Crippen LogP contribution in [0.2, 0.25) is 0 Å². The minimum Gasteiger partial charge on any atom is -0.331 e. The van der Waals surface area contributed by atoms with Crippen molar-refractivity contribution in [3.8, 4) is 0 Å². The maximum absolute atomic E-state index is 12.9. The van der Waals surface area contributed by atoms with Crippen LogP contribution in [0.4, 0.5) is 0 Å². The summed E-state index contributed by atoms with van der Waals surface area (Å²) < 4.78 is 0. The second-order valence-corrected chi connectivity index (χ2v) is 9.63. The number of hydrogen-bond donors (Lipinski definition) is 0. The molecule has 3 aliphatic heterocycles. The molecule has 28 heavy (non-hydrogen) atoms. The summed E-state index contributed by atoms with van der Waals surface area (Å²) in [4.78, 5) is 29.3. The Labute approximate surface area is 176 Å². The Morgan fingerprint density at radius 1 is 1.14 bits per heavy atom. The monoisotopic (exact) mass is 420 g/mol. The highest BCUT2D eigenvalue weighted by atomic mass is 35.5. The van der Waals surface area contributed by atoms with Crippen LogP contribution in [-0.4, -0.2) is 51.4 Å². The van der Waals surface area contributed by atoms with Crippen molar-refractivity contribution >= 4 is 39.9 Å². The molecule has 1 amide bonds. The Morgan fingerprint density at radius 3 is 2.64 bits per heavy atom. The highest BCUT2D eigenvalue weighted by molar-refractivity contribution is 7.18. The molecule has 2 bridgehead atoms. The Hall–Kier alpha value is -1.24. The summed E-state index contributed by atoms with van der Waals surface area (Å²) in [6, 6.07) is 2.73. The molecule has 3 saturated heterocycles. The van der Waals surface area contributed by atoms with Gasteiger partial charge in [0.2, 0.25) is 5.91 Å². The Morgan fingerprint density at radius 2 is 1.93 bits per heavy atom. The Bertz CT molecular complexity index is 879. The molecule has 1 aliphatic carbocycles. The quantitative estimate of drug-likeness (QED) is 0.743. The van der Waals surface area contributed by atoms with E-state index in [9.17, 15) is 4.79 Å². The Balaban J connectivity index is 0.00000192. The van der Waals surface area contributed by atoms with E-state index in [1.54, 1.807) is 0 Å². The highest BCUT2D eigenvalue weighted by Gasteiger charge is 2.43. The molecule has 152 valence electrons. The zero-order valence-electron chi connectivity index (χ0n) is 16.7. The van der Waals surface area contributed by atoms with Gasteiger partial charge in [-0.05, 0) is 51.6 Å². The number of thiophene rings is 1. The predicted molar refractivity (Wildman–Crippen MR) is 115 cm³/mol. The van der Waals surface area contributed by atoms with Crippen molar-refractivity contribution in [3.63, 3.8) is 0 Å². The second kappa shape index (κ2) is 7.88. The molecule has 0 aromatic carbocycles. The van der Waals surface area contributed by atoms with E-state index in [-0.39, 0.29) is 24.4 Å². The number of carbonyl (C=O) groups excluding carboxylic acids is 1.